The van der Waals surface area contributed by atoms with Crippen molar-refractivity contribution in [3.05, 3.63) is 6.42 Å². The predicted molar refractivity (Wildman–Crippen MR) is 51.1 cm³/mol. The number of hydrogen-bond donors (Lipinski definition) is 0. The van der Waals surface area contributed by atoms with Crippen molar-refractivity contribution in [2.24, 2.45) is 5.92 Å². The molecule has 3 heteroatoms. The minimum atomic E-state index is 0.323. The molecule has 2 aliphatic rings. The standard InChI is InChI=1S/C10H17N2O/c1-11-5-7-12(8-6-11)10(13)9-3-2-4-9/h2,9H,3-8H2,1H3. The minimum absolute atomic E-state index is 0.323. The van der Waals surface area contributed by atoms with Gasteiger partial charge in [-0.15, -0.1) is 0 Å². The van der Waals surface area contributed by atoms with E-state index in [1.807, 2.05) is 4.90 Å². The van der Waals surface area contributed by atoms with E-state index in [0.717, 1.165) is 39.0 Å². The van der Waals surface area contributed by atoms with E-state index in [1.165, 1.54) is 0 Å². The lowest BCUT2D eigenvalue weighted by atomic mass is 9.84. The quantitative estimate of drug-likeness (QED) is 0.583. The van der Waals surface area contributed by atoms with Crippen LogP contribution in [-0.4, -0.2) is 48.9 Å². The van der Waals surface area contributed by atoms with E-state index in [9.17, 15) is 4.79 Å². The van der Waals surface area contributed by atoms with Crippen LogP contribution in [0.3, 0.4) is 0 Å². The van der Waals surface area contributed by atoms with Crippen LogP contribution in [0.4, 0.5) is 0 Å². The molecule has 1 aliphatic heterocycles. The minimum Gasteiger partial charge on any atom is -0.340 e. The van der Waals surface area contributed by atoms with E-state index in [2.05, 4.69) is 18.4 Å². The number of nitrogens with zero attached hydrogens (tertiary/aromatic N) is 2. The largest absolute Gasteiger partial charge is 0.340 e. The molecule has 0 aromatic carbocycles. The van der Waals surface area contributed by atoms with E-state index in [4.69, 9.17) is 0 Å². The highest BCUT2D eigenvalue weighted by Gasteiger charge is 2.30. The summed E-state index contributed by atoms with van der Waals surface area (Å²) in [4.78, 5) is 16.1. The van der Waals surface area contributed by atoms with Gasteiger partial charge in [0, 0.05) is 32.1 Å². The molecule has 1 saturated carbocycles. The van der Waals surface area contributed by atoms with Gasteiger partial charge in [0.2, 0.25) is 5.91 Å². The van der Waals surface area contributed by atoms with Crippen LogP contribution in [-0.2, 0) is 4.79 Å². The summed E-state index contributed by atoms with van der Waals surface area (Å²) in [6.45, 7) is 3.90. The van der Waals surface area contributed by atoms with Crippen LogP contribution in [0.5, 0.6) is 0 Å². The summed E-state index contributed by atoms with van der Waals surface area (Å²) in [5.74, 6) is 0.707. The van der Waals surface area contributed by atoms with Gasteiger partial charge in [0.05, 0.1) is 0 Å². The van der Waals surface area contributed by atoms with E-state index < -0.39 is 0 Å². The van der Waals surface area contributed by atoms with Crippen molar-refractivity contribution >= 4 is 5.91 Å². The Bertz CT molecular complexity index is 193. The van der Waals surface area contributed by atoms with Crippen molar-refractivity contribution in [1.82, 2.24) is 9.80 Å². The van der Waals surface area contributed by atoms with Crippen LogP contribution in [0, 0.1) is 12.3 Å². The average Bonchev–Trinajstić information content (AvgIpc) is 2.02. The van der Waals surface area contributed by atoms with Crippen molar-refractivity contribution in [3.63, 3.8) is 0 Å². The molecule has 0 N–H and O–H groups in total. The summed E-state index contributed by atoms with van der Waals surface area (Å²) in [5, 5.41) is 0. The van der Waals surface area contributed by atoms with Crippen molar-refractivity contribution in [1.29, 1.82) is 0 Å². The van der Waals surface area contributed by atoms with Crippen molar-refractivity contribution in [2.45, 2.75) is 12.8 Å². The van der Waals surface area contributed by atoms with E-state index in [0.29, 0.717) is 11.8 Å². The molecule has 0 aromatic rings. The van der Waals surface area contributed by atoms with Crippen molar-refractivity contribution < 1.29 is 4.79 Å². The van der Waals surface area contributed by atoms with Gasteiger partial charge >= 0.3 is 0 Å². The van der Waals surface area contributed by atoms with Gasteiger partial charge in [-0.05, 0) is 26.3 Å². The molecular formula is C10H17N2O. The van der Waals surface area contributed by atoms with Gasteiger partial charge < -0.3 is 9.80 Å². The molecule has 3 nitrogen and oxygen atoms in total. The Morgan fingerprint density at radius 3 is 2.31 bits per heavy atom. The molecule has 2 rings (SSSR count). The Morgan fingerprint density at radius 2 is 1.85 bits per heavy atom. The summed E-state index contributed by atoms with van der Waals surface area (Å²) in [7, 11) is 2.11. The van der Waals surface area contributed by atoms with Gasteiger partial charge in [-0.3, -0.25) is 4.79 Å². The lowest BCUT2D eigenvalue weighted by Crippen LogP contribution is -2.49. The Labute approximate surface area is 79.7 Å². The number of hydrogen-bond acceptors (Lipinski definition) is 2. The van der Waals surface area contributed by atoms with Crippen LogP contribution < -0.4 is 0 Å². The lowest BCUT2D eigenvalue weighted by Gasteiger charge is -2.36. The second-order valence-electron chi connectivity index (χ2n) is 4.09. The van der Waals surface area contributed by atoms with Crippen molar-refractivity contribution in [3.8, 4) is 0 Å². The van der Waals surface area contributed by atoms with Crippen LogP contribution >= 0.6 is 0 Å². The van der Waals surface area contributed by atoms with E-state index in [1.54, 1.807) is 0 Å². The average molecular weight is 181 g/mol. The molecule has 0 unspecified atom stereocenters. The number of piperazine rings is 1. The zero-order valence-electron chi connectivity index (χ0n) is 8.20. The second kappa shape index (κ2) is 3.66. The van der Waals surface area contributed by atoms with E-state index in [-0.39, 0.29) is 0 Å². The molecule has 73 valence electrons. The molecule has 0 spiro atoms. The first-order valence-corrected chi connectivity index (χ1v) is 5.06. The van der Waals surface area contributed by atoms with Gasteiger partial charge in [0.1, 0.15) is 0 Å². The maximum Gasteiger partial charge on any atom is 0.225 e. The third-order valence-corrected chi connectivity index (χ3v) is 3.07. The Morgan fingerprint density at radius 1 is 1.23 bits per heavy atom. The predicted octanol–water partition coefficient (Wildman–Crippen LogP) is 0.375. The van der Waals surface area contributed by atoms with Crippen LogP contribution in [0.15, 0.2) is 0 Å². The zero-order chi connectivity index (χ0) is 9.26. The number of rotatable bonds is 1. The van der Waals surface area contributed by atoms with Crippen LogP contribution in [0.1, 0.15) is 12.8 Å². The second-order valence-corrected chi connectivity index (χ2v) is 4.09. The molecular weight excluding hydrogens is 164 g/mol. The van der Waals surface area contributed by atoms with Gasteiger partial charge in [-0.1, -0.05) is 0 Å². The Hall–Kier alpha value is -0.570. The normalized spacial score (nSPS) is 25.8. The fourth-order valence-electron chi connectivity index (χ4n) is 1.82. The number of carbonyl (C=O) groups excluding carboxylic acids is 1. The smallest absolute Gasteiger partial charge is 0.225 e. The van der Waals surface area contributed by atoms with Gasteiger partial charge in [-0.2, -0.15) is 0 Å². The van der Waals surface area contributed by atoms with Gasteiger partial charge in [0.25, 0.3) is 0 Å². The molecule has 13 heavy (non-hydrogen) atoms. The molecule has 0 aromatic heterocycles. The SMILES string of the molecule is CN1CCN(C(=O)C2C[CH]C2)CC1. The molecule has 1 amide bonds. The maximum absolute atomic E-state index is 11.8. The molecule has 1 aliphatic carbocycles. The Balaban J connectivity index is 1.83. The third kappa shape index (κ3) is 1.85. The first-order valence-electron chi connectivity index (χ1n) is 5.06. The summed E-state index contributed by atoms with van der Waals surface area (Å²) in [6.07, 6.45) is 4.20. The summed E-state index contributed by atoms with van der Waals surface area (Å²) < 4.78 is 0. The molecule has 1 radical (unpaired) electrons. The highest BCUT2D eigenvalue weighted by Crippen LogP contribution is 2.27. The molecule has 0 atom stereocenters. The number of likely N-dealkylation sites (N-methyl/N-ethyl adjacent to an activating group) is 1. The summed E-state index contributed by atoms with van der Waals surface area (Å²) in [6, 6.07) is 0. The molecule has 2 fully saturated rings. The van der Waals surface area contributed by atoms with Gasteiger partial charge in [0.15, 0.2) is 0 Å². The van der Waals surface area contributed by atoms with Crippen LogP contribution in [0.2, 0.25) is 0 Å². The molecule has 0 bridgehead atoms. The van der Waals surface area contributed by atoms with E-state index >= 15 is 0 Å². The van der Waals surface area contributed by atoms with Crippen molar-refractivity contribution in [2.75, 3.05) is 33.2 Å². The van der Waals surface area contributed by atoms with Crippen LogP contribution in [0.25, 0.3) is 0 Å². The first kappa shape index (κ1) is 9.00. The summed E-state index contributed by atoms with van der Waals surface area (Å²) in [5.41, 5.74) is 0. The summed E-state index contributed by atoms with van der Waals surface area (Å²) >= 11 is 0. The number of carbonyl (C=O) groups is 1. The third-order valence-electron chi connectivity index (χ3n) is 3.07. The Kier molecular flexibility index (Phi) is 2.54. The van der Waals surface area contributed by atoms with Gasteiger partial charge in [-0.25, -0.2) is 0 Å². The first-order chi connectivity index (χ1) is 6.27. The highest BCUT2D eigenvalue weighted by atomic mass is 16.2. The fourth-order valence-corrected chi connectivity index (χ4v) is 1.82. The zero-order valence-corrected chi connectivity index (χ0v) is 8.20. The lowest BCUT2D eigenvalue weighted by molar-refractivity contribution is -0.138. The molecule has 1 heterocycles. The fraction of sp³-hybridized carbons (Fsp3) is 0.800. The monoisotopic (exact) mass is 181 g/mol. The maximum atomic E-state index is 11.8. The highest BCUT2D eigenvalue weighted by molar-refractivity contribution is 5.80. The molecule has 1 saturated heterocycles. The number of amides is 1. The topological polar surface area (TPSA) is 23.6 Å².